The van der Waals surface area contributed by atoms with Gasteiger partial charge in [-0.25, -0.2) is 0 Å². The van der Waals surface area contributed by atoms with Gasteiger partial charge in [0.2, 0.25) is 0 Å². The summed E-state index contributed by atoms with van der Waals surface area (Å²) in [5.41, 5.74) is 0.244. The van der Waals surface area contributed by atoms with Crippen LogP contribution in [-0.4, -0.2) is 28.3 Å². The fourth-order valence-corrected chi connectivity index (χ4v) is 1.67. The average molecular weight is 251 g/mol. The number of aliphatic hydroxyl groups is 1. The third-order valence-electron chi connectivity index (χ3n) is 3.29. The molecule has 0 spiro atoms. The van der Waals surface area contributed by atoms with E-state index in [1.165, 1.54) is 0 Å². The average Bonchev–Trinajstić information content (AvgIpc) is 2.35. The van der Waals surface area contributed by atoms with Crippen LogP contribution in [0.5, 0.6) is 5.75 Å². The van der Waals surface area contributed by atoms with Crippen LogP contribution in [-0.2, 0) is 0 Å². The van der Waals surface area contributed by atoms with Crippen molar-refractivity contribution in [2.24, 2.45) is 0 Å². The van der Waals surface area contributed by atoms with Crippen LogP contribution in [0.15, 0.2) is 18.2 Å². The monoisotopic (exact) mass is 251 g/mol. The molecule has 4 heteroatoms. The van der Waals surface area contributed by atoms with Crippen LogP contribution in [0.3, 0.4) is 0 Å². The van der Waals surface area contributed by atoms with Crippen LogP contribution in [0, 0.1) is 6.92 Å². The third kappa shape index (κ3) is 3.47. The number of carbonyl (C=O) groups is 1. The molecule has 0 aliphatic rings. The van der Waals surface area contributed by atoms with Crippen molar-refractivity contribution in [1.82, 2.24) is 5.32 Å². The Balaban J connectivity index is 2.71. The van der Waals surface area contributed by atoms with Crippen molar-refractivity contribution in [3.8, 4) is 5.75 Å². The number of rotatable bonds is 5. The van der Waals surface area contributed by atoms with Gasteiger partial charge in [0.25, 0.3) is 5.91 Å². The Bertz CT molecular complexity index is 425. The predicted molar refractivity (Wildman–Crippen MR) is 70.7 cm³/mol. The number of aromatic hydroxyl groups is 1. The van der Waals surface area contributed by atoms with Crippen LogP contribution in [0.1, 0.15) is 42.6 Å². The van der Waals surface area contributed by atoms with Gasteiger partial charge in [-0.1, -0.05) is 19.9 Å². The van der Waals surface area contributed by atoms with Crippen LogP contribution in [0.25, 0.3) is 0 Å². The molecule has 0 fully saturated rings. The SMILES string of the molecule is CCC(O)(CC)CNC(=O)c1ccc(C)cc1O. The molecule has 0 saturated heterocycles. The molecule has 1 amide bonds. The van der Waals surface area contributed by atoms with Gasteiger partial charge in [-0.15, -0.1) is 0 Å². The minimum absolute atomic E-state index is 0.0379. The molecule has 0 unspecified atom stereocenters. The van der Waals surface area contributed by atoms with E-state index in [4.69, 9.17) is 0 Å². The van der Waals surface area contributed by atoms with E-state index in [0.717, 1.165) is 5.56 Å². The van der Waals surface area contributed by atoms with Crippen molar-refractivity contribution in [2.45, 2.75) is 39.2 Å². The molecular formula is C14H21NO3. The first-order valence-corrected chi connectivity index (χ1v) is 6.22. The van der Waals surface area contributed by atoms with Crippen LogP contribution in [0.2, 0.25) is 0 Å². The number of carbonyl (C=O) groups excluding carboxylic acids is 1. The van der Waals surface area contributed by atoms with E-state index in [2.05, 4.69) is 5.32 Å². The maximum atomic E-state index is 11.9. The smallest absolute Gasteiger partial charge is 0.255 e. The van der Waals surface area contributed by atoms with Gasteiger partial charge in [0.15, 0.2) is 0 Å². The molecule has 0 aliphatic carbocycles. The minimum atomic E-state index is -0.879. The predicted octanol–water partition coefficient (Wildman–Crippen LogP) is 1.98. The van der Waals surface area contributed by atoms with Gasteiger partial charge in [0.1, 0.15) is 5.75 Å². The first-order valence-electron chi connectivity index (χ1n) is 6.22. The Kier molecular flexibility index (Phi) is 4.73. The number of nitrogens with one attached hydrogen (secondary N) is 1. The van der Waals surface area contributed by atoms with Gasteiger partial charge in [-0.05, 0) is 37.5 Å². The maximum Gasteiger partial charge on any atom is 0.255 e. The highest BCUT2D eigenvalue weighted by Gasteiger charge is 2.23. The Morgan fingerprint density at radius 2 is 1.94 bits per heavy atom. The molecule has 0 heterocycles. The molecule has 0 bridgehead atoms. The second kappa shape index (κ2) is 5.87. The highest BCUT2D eigenvalue weighted by atomic mass is 16.3. The number of hydrogen-bond acceptors (Lipinski definition) is 3. The van der Waals surface area contributed by atoms with E-state index in [-0.39, 0.29) is 23.8 Å². The van der Waals surface area contributed by atoms with E-state index < -0.39 is 5.60 Å². The van der Waals surface area contributed by atoms with Crippen molar-refractivity contribution in [3.05, 3.63) is 29.3 Å². The molecule has 1 aromatic rings. The Labute approximate surface area is 108 Å². The van der Waals surface area contributed by atoms with E-state index in [1.54, 1.807) is 18.2 Å². The normalized spacial score (nSPS) is 11.3. The van der Waals surface area contributed by atoms with E-state index in [9.17, 15) is 15.0 Å². The molecule has 0 aromatic heterocycles. The lowest BCUT2D eigenvalue weighted by Gasteiger charge is -2.25. The standard InChI is InChI=1S/C14H21NO3/c1-4-14(18,5-2)9-15-13(17)11-7-6-10(3)8-12(11)16/h6-8,16,18H,4-5,9H2,1-3H3,(H,15,17). The largest absolute Gasteiger partial charge is 0.507 e. The van der Waals surface area contributed by atoms with Gasteiger partial charge in [-0.2, -0.15) is 0 Å². The number of hydrogen-bond donors (Lipinski definition) is 3. The number of phenolic OH excluding ortho intramolecular Hbond substituents is 1. The van der Waals surface area contributed by atoms with Crippen LogP contribution < -0.4 is 5.32 Å². The van der Waals surface area contributed by atoms with Crippen molar-refractivity contribution in [1.29, 1.82) is 0 Å². The lowest BCUT2D eigenvalue weighted by atomic mass is 9.97. The van der Waals surface area contributed by atoms with Gasteiger partial charge < -0.3 is 15.5 Å². The molecule has 0 saturated carbocycles. The Hall–Kier alpha value is -1.55. The molecular weight excluding hydrogens is 230 g/mol. The Morgan fingerprint density at radius 3 is 2.44 bits per heavy atom. The van der Waals surface area contributed by atoms with Gasteiger partial charge >= 0.3 is 0 Å². The lowest BCUT2D eigenvalue weighted by molar-refractivity contribution is 0.0313. The summed E-state index contributed by atoms with van der Waals surface area (Å²) in [6.07, 6.45) is 1.15. The second-order valence-corrected chi connectivity index (χ2v) is 4.63. The quantitative estimate of drug-likeness (QED) is 0.749. The Morgan fingerprint density at radius 1 is 1.33 bits per heavy atom. The lowest BCUT2D eigenvalue weighted by Crippen LogP contribution is -2.42. The van der Waals surface area contributed by atoms with E-state index in [0.29, 0.717) is 12.8 Å². The maximum absolute atomic E-state index is 11.9. The summed E-state index contributed by atoms with van der Waals surface area (Å²) in [4.78, 5) is 11.9. The molecule has 18 heavy (non-hydrogen) atoms. The molecule has 1 rings (SSSR count). The molecule has 3 N–H and O–H groups in total. The van der Waals surface area contributed by atoms with Crippen LogP contribution in [0.4, 0.5) is 0 Å². The van der Waals surface area contributed by atoms with Crippen molar-refractivity contribution in [2.75, 3.05) is 6.54 Å². The van der Waals surface area contributed by atoms with Crippen molar-refractivity contribution in [3.63, 3.8) is 0 Å². The van der Waals surface area contributed by atoms with Crippen molar-refractivity contribution >= 4 is 5.91 Å². The first-order chi connectivity index (χ1) is 8.41. The highest BCUT2D eigenvalue weighted by Crippen LogP contribution is 2.19. The topological polar surface area (TPSA) is 69.6 Å². The minimum Gasteiger partial charge on any atom is -0.507 e. The number of aryl methyl sites for hydroxylation is 1. The third-order valence-corrected chi connectivity index (χ3v) is 3.29. The van der Waals surface area contributed by atoms with Gasteiger partial charge in [-0.3, -0.25) is 4.79 Å². The number of phenols is 1. The van der Waals surface area contributed by atoms with Gasteiger partial charge in [0, 0.05) is 6.54 Å². The summed E-state index contributed by atoms with van der Waals surface area (Å²) in [6.45, 7) is 5.78. The summed E-state index contributed by atoms with van der Waals surface area (Å²) < 4.78 is 0. The molecule has 100 valence electrons. The van der Waals surface area contributed by atoms with Crippen molar-refractivity contribution < 1.29 is 15.0 Å². The fraction of sp³-hybridized carbons (Fsp3) is 0.500. The second-order valence-electron chi connectivity index (χ2n) is 4.63. The summed E-state index contributed by atoms with van der Waals surface area (Å²) in [6, 6.07) is 4.89. The molecule has 0 atom stereocenters. The molecule has 4 nitrogen and oxygen atoms in total. The summed E-state index contributed by atoms with van der Waals surface area (Å²) in [5, 5.41) is 22.4. The highest BCUT2D eigenvalue weighted by molar-refractivity contribution is 5.96. The first kappa shape index (κ1) is 14.5. The summed E-state index contributed by atoms with van der Waals surface area (Å²) in [7, 11) is 0. The zero-order valence-electron chi connectivity index (χ0n) is 11.2. The molecule has 0 aliphatic heterocycles. The summed E-state index contributed by atoms with van der Waals surface area (Å²) >= 11 is 0. The van der Waals surface area contributed by atoms with E-state index in [1.807, 2.05) is 20.8 Å². The number of benzene rings is 1. The van der Waals surface area contributed by atoms with Crippen LogP contribution >= 0.6 is 0 Å². The fourth-order valence-electron chi connectivity index (χ4n) is 1.67. The summed E-state index contributed by atoms with van der Waals surface area (Å²) in [5.74, 6) is -0.406. The zero-order chi connectivity index (χ0) is 13.8. The molecule has 0 radical (unpaired) electrons. The molecule has 1 aromatic carbocycles. The zero-order valence-corrected chi connectivity index (χ0v) is 11.2. The van der Waals surface area contributed by atoms with E-state index >= 15 is 0 Å². The number of amides is 1. The van der Waals surface area contributed by atoms with Gasteiger partial charge in [0.05, 0.1) is 11.2 Å².